The van der Waals surface area contributed by atoms with Crippen molar-refractivity contribution in [1.82, 2.24) is 4.57 Å². The van der Waals surface area contributed by atoms with Gasteiger partial charge in [0.25, 0.3) is 5.56 Å². The van der Waals surface area contributed by atoms with Gasteiger partial charge < -0.3 is 10.1 Å². The lowest BCUT2D eigenvalue weighted by Gasteiger charge is -2.04. The minimum Gasteiger partial charge on any atom is -0.462 e. The molecule has 1 aromatic carbocycles. The quantitative estimate of drug-likeness (QED) is 0.807. The van der Waals surface area contributed by atoms with Crippen molar-refractivity contribution >= 4 is 35.0 Å². The number of nitrogens with one attached hydrogen (secondary N) is 1. The number of thiazole rings is 1. The zero-order valence-corrected chi connectivity index (χ0v) is 14.5. The van der Waals surface area contributed by atoms with Gasteiger partial charge in [0, 0.05) is 24.9 Å². The third-order valence-electron chi connectivity index (χ3n) is 3.60. The van der Waals surface area contributed by atoms with Crippen molar-refractivity contribution in [2.24, 2.45) is 4.99 Å². The molecule has 1 amide bonds. The van der Waals surface area contributed by atoms with E-state index in [1.807, 2.05) is 0 Å². The van der Waals surface area contributed by atoms with Crippen LogP contribution in [0, 0.1) is 0 Å². The normalized spacial score (nSPS) is 13.7. The lowest BCUT2D eigenvalue weighted by atomic mass is 10.2. The second kappa shape index (κ2) is 7.43. The van der Waals surface area contributed by atoms with E-state index < -0.39 is 11.9 Å². The number of rotatable bonds is 4. The van der Waals surface area contributed by atoms with Crippen molar-refractivity contribution in [2.45, 2.75) is 19.9 Å². The average molecular weight is 359 g/mol. The minimum absolute atomic E-state index is 0.184. The molecule has 2 aromatic rings. The third kappa shape index (κ3) is 3.85. The van der Waals surface area contributed by atoms with Gasteiger partial charge in [0.05, 0.1) is 12.2 Å². The molecular formula is C17H17N3O4S. The number of ether oxygens (including phenoxy) is 1. The Morgan fingerprint density at radius 2 is 2.12 bits per heavy atom. The maximum Gasteiger partial charge on any atom is 0.338 e. The predicted molar refractivity (Wildman–Crippen MR) is 94.3 cm³/mol. The number of carbonyl (C=O) groups is 2. The SMILES string of the molecule is CCOC(=O)c1ccc(NC(=O)/C=c2\sc3n(c2=O)CCCN=3)cc1. The van der Waals surface area contributed by atoms with Crippen LogP contribution in [0.2, 0.25) is 0 Å². The molecule has 3 rings (SSSR count). The number of benzene rings is 1. The molecule has 8 heteroatoms. The summed E-state index contributed by atoms with van der Waals surface area (Å²) in [4.78, 5) is 40.9. The maximum absolute atomic E-state index is 12.2. The summed E-state index contributed by atoms with van der Waals surface area (Å²) >= 11 is 1.22. The number of hydrogen-bond donors (Lipinski definition) is 1. The molecule has 0 atom stereocenters. The zero-order chi connectivity index (χ0) is 17.8. The summed E-state index contributed by atoms with van der Waals surface area (Å²) in [6, 6.07) is 6.37. The van der Waals surface area contributed by atoms with Gasteiger partial charge in [-0.2, -0.15) is 0 Å². The van der Waals surface area contributed by atoms with Gasteiger partial charge in [0.2, 0.25) is 5.91 Å². The van der Waals surface area contributed by atoms with Crippen LogP contribution < -0.4 is 20.2 Å². The van der Waals surface area contributed by atoms with Crippen LogP contribution in [0.25, 0.3) is 6.08 Å². The van der Waals surface area contributed by atoms with Crippen LogP contribution in [0.1, 0.15) is 23.7 Å². The van der Waals surface area contributed by atoms with E-state index in [1.165, 1.54) is 17.4 Å². The van der Waals surface area contributed by atoms with E-state index in [0.29, 0.717) is 40.3 Å². The molecule has 0 spiro atoms. The van der Waals surface area contributed by atoms with Crippen molar-refractivity contribution in [2.75, 3.05) is 18.5 Å². The second-order valence-corrected chi connectivity index (χ2v) is 6.38. The summed E-state index contributed by atoms with van der Waals surface area (Å²) < 4.78 is 6.86. The molecule has 0 saturated carbocycles. The van der Waals surface area contributed by atoms with E-state index in [1.54, 1.807) is 35.8 Å². The summed E-state index contributed by atoms with van der Waals surface area (Å²) in [6.07, 6.45) is 2.12. The Labute approximate surface area is 147 Å². The Kier molecular flexibility index (Phi) is 5.08. The Balaban J connectivity index is 1.76. The fraction of sp³-hybridized carbons (Fsp3) is 0.294. The van der Waals surface area contributed by atoms with Crippen LogP contribution in [0.5, 0.6) is 0 Å². The average Bonchev–Trinajstić information content (AvgIpc) is 2.92. The third-order valence-corrected chi connectivity index (χ3v) is 4.65. The van der Waals surface area contributed by atoms with Crippen LogP contribution in [0.15, 0.2) is 34.1 Å². The summed E-state index contributed by atoms with van der Waals surface area (Å²) in [5.41, 5.74) is 0.756. The molecule has 0 radical (unpaired) electrons. The number of carbonyl (C=O) groups excluding carboxylic acids is 2. The molecule has 1 aliphatic heterocycles. The standard InChI is InChI=1S/C17H17N3O4S/c1-2-24-16(23)11-4-6-12(7-5-11)19-14(21)10-13-15(22)20-9-3-8-18-17(20)25-13/h4-7,10H,2-3,8-9H2,1H3,(H,19,21)/b13-10-. The number of aromatic nitrogens is 1. The highest BCUT2D eigenvalue weighted by Gasteiger charge is 2.10. The molecule has 0 saturated heterocycles. The summed E-state index contributed by atoms with van der Waals surface area (Å²) in [7, 11) is 0. The van der Waals surface area contributed by atoms with Crippen molar-refractivity contribution in [1.29, 1.82) is 0 Å². The first-order valence-corrected chi connectivity index (χ1v) is 8.74. The largest absolute Gasteiger partial charge is 0.462 e. The number of amides is 1. The van der Waals surface area contributed by atoms with E-state index in [2.05, 4.69) is 10.3 Å². The molecule has 0 aliphatic carbocycles. The summed E-state index contributed by atoms with van der Waals surface area (Å²) in [5, 5.41) is 2.68. The zero-order valence-electron chi connectivity index (χ0n) is 13.7. The van der Waals surface area contributed by atoms with Crippen LogP contribution >= 0.6 is 11.3 Å². The van der Waals surface area contributed by atoms with Crippen LogP contribution in [-0.2, 0) is 16.1 Å². The monoisotopic (exact) mass is 359 g/mol. The Hall–Kier alpha value is -2.74. The van der Waals surface area contributed by atoms with Crippen LogP contribution in [0.4, 0.5) is 5.69 Å². The highest BCUT2D eigenvalue weighted by molar-refractivity contribution is 7.07. The number of nitrogens with zero attached hydrogens (tertiary/aromatic N) is 2. The van der Waals surface area contributed by atoms with Gasteiger partial charge in [0.15, 0.2) is 4.80 Å². The van der Waals surface area contributed by atoms with Gasteiger partial charge in [-0.15, -0.1) is 0 Å². The first kappa shape index (κ1) is 17.1. The van der Waals surface area contributed by atoms with Gasteiger partial charge in [-0.05, 0) is 37.6 Å². The van der Waals surface area contributed by atoms with E-state index in [4.69, 9.17) is 4.74 Å². The Morgan fingerprint density at radius 3 is 2.80 bits per heavy atom. The molecular weight excluding hydrogens is 342 g/mol. The molecule has 1 aromatic heterocycles. The number of fused-ring (bicyclic) bond motifs is 1. The minimum atomic E-state index is -0.409. The topological polar surface area (TPSA) is 89.8 Å². The molecule has 2 heterocycles. The van der Waals surface area contributed by atoms with Crippen molar-refractivity contribution in [3.05, 3.63) is 49.5 Å². The van der Waals surface area contributed by atoms with Crippen LogP contribution in [-0.4, -0.2) is 29.6 Å². The number of hydrogen-bond acceptors (Lipinski definition) is 6. The first-order valence-electron chi connectivity index (χ1n) is 7.92. The predicted octanol–water partition coefficient (Wildman–Crippen LogP) is 0.529. The number of anilines is 1. The molecule has 0 bridgehead atoms. The maximum atomic E-state index is 12.2. The van der Waals surface area contributed by atoms with E-state index in [9.17, 15) is 14.4 Å². The molecule has 0 fully saturated rings. The Morgan fingerprint density at radius 1 is 1.36 bits per heavy atom. The second-order valence-electron chi connectivity index (χ2n) is 5.37. The molecule has 7 nitrogen and oxygen atoms in total. The summed E-state index contributed by atoms with van der Waals surface area (Å²) in [6.45, 7) is 3.39. The van der Waals surface area contributed by atoms with Crippen molar-refractivity contribution in [3.63, 3.8) is 0 Å². The summed E-state index contributed by atoms with van der Waals surface area (Å²) in [5.74, 6) is -0.812. The van der Waals surface area contributed by atoms with Gasteiger partial charge >= 0.3 is 5.97 Å². The molecule has 130 valence electrons. The van der Waals surface area contributed by atoms with Crippen molar-refractivity contribution < 1.29 is 14.3 Å². The lowest BCUT2D eigenvalue weighted by molar-refractivity contribution is -0.110. The smallest absolute Gasteiger partial charge is 0.338 e. The van der Waals surface area contributed by atoms with E-state index in [-0.39, 0.29) is 5.56 Å². The molecule has 1 N–H and O–H groups in total. The van der Waals surface area contributed by atoms with Gasteiger partial charge in [-0.1, -0.05) is 11.3 Å². The first-order chi connectivity index (χ1) is 12.1. The lowest BCUT2D eigenvalue weighted by Crippen LogP contribution is -2.34. The number of esters is 1. The van der Waals surface area contributed by atoms with Crippen LogP contribution in [0.3, 0.4) is 0 Å². The molecule has 25 heavy (non-hydrogen) atoms. The molecule has 1 aliphatic rings. The fourth-order valence-corrected chi connectivity index (χ4v) is 3.43. The van der Waals surface area contributed by atoms with Crippen molar-refractivity contribution in [3.8, 4) is 0 Å². The fourth-order valence-electron chi connectivity index (χ4n) is 2.43. The highest BCUT2D eigenvalue weighted by atomic mass is 32.1. The molecule has 0 unspecified atom stereocenters. The van der Waals surface area contributed by atoms with E-state index >= 15 is 0 Å². The Bertz CT molecular complexity index is 973. The van der Waals surface area contributed by atoms with Gasteiger partial charge in [-0.3, -0.25) is 19.1 Å². The highest BCUT2D eigenvalue weighted by Crippen LogP contribution is 2.10. The van der Waals surface area contributed by atoms with Gasteiger partial charge in [0.1, 0.15) is 4.53 Å². The van der Waals surface area contributed by atoms with E-state index in [0.717, 1.165) is 6.42 Å². The van der Waals surface area contributed by atoms with Gasteiger partial charge in [-0.25, -0.2) is 4.79 Å².